The number of amides is 1. The minimum atomic E-state index is -0.436. The summed E-state index contributed by atoms with van der Waals surface area (Å²) in [5, 5.41) is 9.55. The Morgan fingerprint density at radius 2 is 2.17 bits per heavy atom. The molecule has 0 saturated heterocycles. The van der Waals surface area contributed by atoms with Crippen molar-refractivity contribution in [2.24, 2.45) is 0 Å². The number of fused-ring (bicyclic) bond motifs is 1. The van der Waals surface area contributed by atoms with E-state index < -0.39 is 6.09 Å². The summed E-state index contributed by atoms with van der Waals surface area (Å²) in [4.78, 5) is 22.4. The van der Waals surface area contributed by atoms with Crippen LogP contribution >= 0.6 is 11.6 Å². The molecule has 1 aliphatic rings. The molecule has 1 atom stereocenters. The molecule has 156 valence electrons. The second-order valence-corrected chi connectivity index (χ2v) is 9.27. The van der Waals surface area contributed by atoms with Crippen molar-refractivity contribution in [1.29, 1.82) is 0 Å². The van der Waals surface area contributed by atoms with Gasteiger partial charge in [0, 0.05) is 0 Å². The topological polar surface area (TPSA) is 88.2 Å². The number of benzene rings is 1. The molecule has 0 fully saturated rings. The SMILES string of the molecule is CNC(=O)OCc1ccccc1-c1c[se]c(C(C)Nc2nc(Cl)nc3c2CNC3)c1. The summed E-state index contributed by atoms with van der Waals surface area (Å²) in [5.41, 5.74) is 5.26. The van der Waals surface area contributed by atoms with Crippen LogP contribution in [-0.4, -0.2) is 37.6 Å². The molecule has 3 N–H and O–H groups in total. The number of hydrogen-bond acceptors (Lipinski definition) is 6. The van der Waals surface area contributed by atoms with E-state index in [1.807, 2.05) is 18.2 Å². The van der Waals surface area contributed by atoms with Gasteiger partial charge in [0.2, 0.25) is 0 Å². The average molecular weight is 491 g/mol. The monoisotopic (exact) mass is 491 g/mol. The quantitative estimate of drug-likeness (QED) is 0.362. The van der Waals surface area contributed by atoms with E-state index in [2.05, 4.69) is 49.9 Å². The van der Waals surface area contributed by atoms with Crippen LogP contribution in [0.3, 0.4) is 0 Å². The summed E-state index contributed by atoms with van der Waals surface area (Å²) in [5.74, 6) is 0.798. The molecule has 2 aromatic heterocycles. The Morgan fingerprint density at radius 3 is 3.00 bits per heavy atom. The van der Waals surface area contributed by atoms with Crippen LogP contribution in [0.4, 0.5) is 10.6 Å². The number of ether oxygens (including phenoxy) is 1. The minimum absolute atomic E-state index is 0.115. The van der Waals surface area contributed by atoms with Crippen molar-refractivity contribution in [2.75, 3.05) is 12.4 Å². The van der Waals surface area contributed by atoms with E-state index in [1.165, 1.54) is 4.44 Å². The Balaban J connectivity index is 1.53. The molecule has 30 heavy (non-hydrogen) atoms. The number of hydrogen-bond donors (Lipinski definition) is 3. The van der Waals surface area contributed by atoms with E-state index in [0.29, 0.717) is 6.54 Å². The predicted octanol–water partition coefficient (Wildman–Crippen LogP) is 3.49. The number of carbonyl (C=O) groups is 1. The molecule has 4 rings (SSSR count). The van der Waals surface area contributed by atoms with Gasteiger partial charge in [-0.1, -0.05) is 0 Å². The van der Waals surface area contributed by atoms with Crippen molar-refractivity contribution in [3.63, 3.8) is 0 Å². The van der Waals surface area contributed by atoms with Gasteiger partial charge in [0.15, 0.2) is 0 Å². The maximum absolute atomic E-state index is 11.4. The van der Waals surface area contributed by atoms with Crippen molar-refractivity contribution < 1.29 is 9.53 Å². The molecule has 3 aromatic rings. The number of alkyl carbamates (subject to hydrolysis) is 1. The van der Waals surface area contributed by atoms with Crippen LogP contribution < -0.4 is 16.0 Å². The molecule has 1 aromatic carbocycles. The fourth-order valence-electron chi connectivity index (χ4n) is 3.40. The van der Waals surface area contributed by atoms with Gasteiger partial charge in [-0.15, -0.1) is 0 Å². The van der Waals surface area contributed by atoms with Gasteiger partial charge in [-0.2, -0.15) is 0 Å². The summed E-state index contributed by atoms with van der Waals surface area (Å²) in [6.07, 6.45) is -0.436. The van der Waals surface area contributed by atoms with E-state index in [-0.39, 0.29) is 32.4 Å². The zero-order valence-electron chi connectivity index (χ0n) is 16.7. The van der Waals surface area contributed by atoms with Crippen LogP contribution in [0.15, 0.2) is 35.3 Å². The first-order valence-corrected chi connectivity index (χ1v) is 11.8. The van der Waals surface area contributed by atoms with Crippen molar-refractivity contribution in [1.82, 2.24) is 20.6 Å². The van der Waals surface area contributed by atoms with Crippen LogP contribution in [-0.2, 0) is 24.4 Å². The number of anilines is 1. The maximum atomic E-state index is 11.4. The fraction of sp³-hybridized carbons (Fsp3) is 0.286. The molecular weight excluding hydrogens is 469 g/mol. The van der Waals surface area contributed by atoms with Gasteiger partial charge in [-0.05, 0) is 0 Å². The molecular formula is C21H22ClN5O2Se. The summed E-state index contributed by atoms with van der Waals surface area (Å²) >= 11 is 6.32. The van der Waals surface area contributed by atoms with Crippen molar-refractivity contribution in [3.8, 4) is 11.1 Å². The van der Waals surface area contributed by atoms with Gasteiger partial charge in [-0.25, -0.2) is 0 Å². The van der Waals surface area contributed by atoms with Gasteiger partial charge in [0.05, 0.1) is 0 Å². The van der Waals surface area contributed by atoms with Gasteiger partial charge in [0.25, 0.3) is 0 Å². The number of halogens is 1. The summed E-state index contributed by atoms with van der Waals surface area (Å²) in [6, 6.07) is 10.3. The van der Waals surface area contributed by atoms with Crippen LogP contribution in [0.2, 0.25) is 5.28 Å². The molecule has 1 unspecified atom stereocenters. The van der Waals surface area contributed by atoms with E-state index >= 15 is 0 Å². The Morgan fingerprint density at radius 1 is 1.33 bits per heavy atom. The van der Waals surface area contributed by atoms with Crippen molar-refractivity contribution in [3.05, 3.63) is 61.8 Å². The Bertz CT molecular complexity index is 1070. The normalized spacial score (nSPS) is 13.6. The summed E-state index contributed by atoms with van der Waals surface area (Å²) < 4.78 is 6.56. The molecule has 3 heterocycles. The van der Waals surface area contributed by atoms with E-state index in [1.54, 1.807) is 7.05 Å². The summed E-state index contributed by atoms with van der Waals surface area (Å²) in [7, 11) is 1.55. The van der Waals surface area contributed by atoms with Crippen molar-refractivity contribution in [2.45, 2.75) is 32.7 Å². The average Bonchev–Trinajstić information content (AvgIpc) is 3.42. The summed E-state index contributed by atoms with van der Waals surface area (Å²) in [6.45, 7) is 3.83. The first kappa shape index (κ1) is 20.9. The standard InChI is InChI=1S/C21H22ClN5O2Se/c1-12(25-19-16-8-24-9-17(16)26-20(22)27-19)18-7-14(11-30-18)15-6-4-3-5-13(15)10-29-21(28)23-2/h3-7,11-12,24H,8-10H2,1-2H3,(H,23,28)(H,25,26,27). The third kappa shape index (κ3) is 4.52. The Labute approximate surface area is 186 Å². The van der Waals surface area contributed by atoms with Crippen molar-refractivity contribution >= 4 is 38.0 Å². The zero-order valence-corrected chi connectivity index (χ0v) is 19.1. The fourth-order valence-corrected chi connectivity index (χ4v) is 5.51. The molecule has 0 aliphatic carbocycles. The number of rotatable bonds is 6. The third-order valence-corrected chi connectivity index (χ3v) is 7.46. The van der Waals surface area contributed by atoms with E-state index in [0.717, 1.165) is 40.3 Å². The molecule has 7 nitrogen and oxygen atoms in total. The molecule has 9 heteroatoms. The molecule has 0 radical (unpaired) electrons. The van der Waals surface area contributed by atoms with Gasteiger partial charge < -0.3 is 0 Å². The van der Waals surface area contributed by atoms with Crippen LogP contribution in [0.25, 0.3) is 11.1 Å². The second kappa shape index (κ2) is 9.18. The molecule has 0 bridgehead atoms. The van der Waals surface area contributed by atoms with Crippen LogP contribution in [0.5, 0.6) is 0 Å². The van der Waals surface area contributed by atoms with Gasteiger partial charge in [-0.3, -0.25) is 0 Å². The van der Waals surface area contributed by atoms with E-state index in [4.69, 9.17) is 16.3 Å². The third-order valence-electron chi connectivity index (χ3n) is 4.95. The number of carbonyl (C=O) groups excluding carboxylic acids is 1. The Hall–Kier alpha value is -2.38. The van der Waals surface area contributed by atoms with Gasteiger partial charge >= 0.3 is 186 Å². The Kier molecular flexibility index (Phi) is 6.39. The zero-order chi connectivity index (χ0) is 21.1. The number of nitrogens with zero attached hydrogens (tertiary/aromatic N) is 2. The molecule has 1 aliphatic heterocycles. The molecule has 1 amide bonds. The van der Waals surface area contributed by atoms with E-state index in [9.17, 15) is 4.79 Å². The first-order chi connectivity index (χ1) is 14.5. The molecule has 0 spiro atoms. The van der Waals surface area contributed by atoms with Gasteiger partial charge in [0.1, 0.15) is 0 Å². The van der Waals surface area contributed by atoms with Crippen LogP contribution in [0.1, 0.15) is 34.2 Å². The molecule has 0 saturated carbocycles. The second-order valence-electron chi connectivity index (χ2n) is 6.96. The van der Waals surface area contributed by atoms with Crippen LogP contribution in [0, 0.1) is 0 Å². The predicted molar refractivity (Wildman–Crippen MR) is 118 cm³/mol. The number of aromatic nitrogens is 2. The first-order valence-electron chi connectivity index (χ1n) is 9.59. The number of nitrogens with one attached hydrogen (secondary N) is 3.